The molecule has 217 valence electrons. The Balaban J connectivity index is 1.37. The van der Waals surface area contributed by atoms with Gasteiger partial charge in [-0.25, -0.2) is 0 Å². The Kier molecular flexibility index (Phi) is 4.86. The maximum atomic E-state index is 2.52. The van der Waals surface area contributed by atoms with Gasteiger partial charge in [-0.1, -0.05) is 115 Å². The van der Waals surface area contributed by atoms with E-state index in [9.17, 15) is 0 Å². The Bertz CT molecular complexity index is 2900. The van der Waals surface area contributed by atoms with Crippen molar-refractivity contribution in [3.8, 4) is 17.1 Å². The number of hydrogen-bond donors (Lipinski definition) is 0. The van der Waals surface area contributed by atoms with E-state index in [1.807, 2.05) is 0 Å². The molecule has 4 heteroatoms. The summed E-state index contributed by atoms with van der Waals surface area (Å²) < 4.78 is 7.49. The van der Waals surface area contributed by atoms with Crippen molar-refractivity contribution in [3.05, 3.63) is 151 Å². The average Bonchev–Trinajstić information content (AvgIpc) is 3.76. The maximum absolute atomic E-state index is 2.52. The van der Waals surface area contributed by atoms with Gasteiger partial charge in [0.25, 0.3) is 0 Å². The number of fused-ring (bicyclic) bond motifs is 11. The molecule has 7 aromatic carbocycles. The number of rotatable bonds is 2. The van der Waals surface area contributed by atoms with E-state index in [0.29, 0.717) is 0 Å². The molecule has 0 unspecified atom stereocenters. The van der Waals surface area contributed by atoms with Gasteiger partial charge in [-0.15, -0.1) is 0 Å². The van der Waals surface area contributed by atoms with Crippen LogP contribution in [0.15, 0.2) is 146 Å². The lowest BCUT2D eigenvalue weighted by atomic mass is 9.60. The van der Waals surface area contributed by atoms with Gasteiger partial charge in [0, 0.05) is 49.2 Å². The normalized spacial score (nSPS) is 12.5. The van der Waals surface area contributed by atoms with E-state index in [0.717, 1.165) is 5.69 Å². The topological polar surface area (TPSA) is 14.8 Å². The molecule has 3 aromatic heterocycles. The highest BCUT2D eigenvalue weighted by atomic mass is 15.1. The van der Waals surface area contributed by atoms with Crippen molar-refractivity contribution in [2.75, 3.05) is 0 Å². The van der Waals surface area contributed by atoms with Gasteiger partial charge in [-0.2, -0.15) is 0 Å². The fourth-order valence-corrected chi connectivity index (χ4v) is 8.46. The summed E-state index contributed by atoms with van der Waals surface area (Å²) in [4.78, 5) is 0. The smallest absolute Gasteiger partial charge is 0.199 e. The first-order valence-electron chi connectivity index (χ1n) is 16.3. The molecule has 0 N–H and O–H groups in total. The van der Waals surface area contributed by atoms with Crippen LogP contribution < -0.4 is 10.9 Å². The summed E-state index contributed by atoms with van der Waals surface area (Å²) in [6.07, 6.45) is 0. The minimum atomic E-state index is 1.15. The van der Waals surface area contributed by atoms with Crippen LogP contribution in [0.1, 0.15) is 5.56 Å². The summed E-state index contributed by atoms with van der Waals surface area (Å²) in [6, 6.07) is 53.6. The van der Waals surface area contributed by atoms with Crippen molar-refractivity contribution in [2.45, 2.75) is 6.92 Å². The minimum absolute atomic E-state index is 1.15. The SMILES string of the molecule is Cc1cccc2c3ccccc3n(-c3cc(-n4c5ccccc5c5ccccc54)cc4c3[B]c3cccc5c6ccccc6n-4c35)c12. The van der Waals surface area contributed by atoms with Crippen LogP contribution in [0, 0.1) is 6.92 Å². The predicted molar refractivity (Wildman–Crippen MR) is 199 cm³/mol. The van der Waals surface area contributed by atoms with Crippen LogP contribution in [-0.2, 0) is 0 Å². The molecule has 1 radical (unpaired) electrons. The van der Waals surface area contributed by atoms with Crippen molar-refractivity contribution < 1.29 is 0 Å². The number of nitrogens with zero attached hydrogens (tertiary/aromatic N) is 3. The maximum Gasteiger partial charge on any atom is 0.199 e. The molecule has 0 aliphatic carbocycles. The van der Waals surface area contributed by atoms with Gasteiger partial charge in [0.15, 0.2) is 7.28 Å². The molecule has 11 rings (SSSR count). The van der Waals surface area contributed by atoms with Gasteiger partial charge < -0.3 is 13.7 Å². The van der Waals surface area contributed by atoms with Gasteiger partial charge in [-0.05, 0) is 54.3 Å². The summed E-state index contributed by atoms with van der Waals surface area (Å²) in [5.74, 6) is 0. The van der Waals surface area contributed by atoms with Gasteiger partial charge in [0.05, 0.1) is 33.3 Å². The Morgan fingerprint density at radius 1 is 0.404 bits per heavy atom. The van der Waals surface area contributed by atoms with E-state index < -0.39 is 0 Å². The lowest BCUT2D eigenvalue weighted by Crippen LogP contribution is -2.38. The number of aryl methyl sites for hydroxylation is 1. The third-order valence-corrected chi connectivity index (χ3v) is 10.4. The molecule has 0 saturated heterocycles. The second-order valence-electron chi connectivity index (χ2n) is 12.8. The molecule has 1 aliphatic rings. The number of benzene rings is 7. The second-order valence-corrected chi connectivity index (χ2v) is 12.8. The highest BCUT2D eigenvalue weighted by molar-refractivity contribution is 6.73. The molecular formula is C43H27BN3. The quantitative estimate of drug-likeness (QED) is 0.177. The zero-order valence-electron chi connectivity index (χ0n) is 25.8. The average molecular weight is 597 g/mol. The lowest BCUT2D eigenvalue weighted by Gasteiger charge is -2.26. The zero-order chi connectivity index (χ0) is 30.8. The molecule has 0 bridgehead atoms. The first-order chi connectivity index (χ1) is 23.3. The first-order valence-corrected chi connectivity index (χ1v) is 16.3. The highest BCUT2D eigenvalue weighted by Crippen LogP contribution is 2.39. The molecule has 0 spiro atoms. The Labute approximate surface area is 271 Å². The standard InChI is InChI=1S/C43H27BN3/c1-26-12-10-17-32-30-15-4-8-22-37(30)46(42(26)32)39-24-27(45-35-20-6-2-13-28(35)29-14-3-7-21-36(29)45)25-40-41(39)44-34-19-11-18-33-31-16-5-9-23-38(31)47(40)43(33)34/h2-25H,1H3. The van der Waals surface area contributed by atoms with Crippen LogP contribution in [0.2, 0.25) is 0 Å². The van der Waals surface area contributed by atoms with Crippen LogP contribution in [-0.4, -0.2) is 21.0 Å². The van der Waals surface area contributed by atoms with E-state index in [-0.39, 0.29) is 0 Å². The van der Waals surface area contributed by atoms with Crippen LogP contribution in [0.4, 0.5) is 0 Å². The number of hydrogen-bond acceptors (Lipinski definition) is 0. The Morgan fingerprint density at radius 2 is 0.830 bits per heavy atom. The Morgan fingerprint density at radius 3 is 1.40 bits per heavy atom. The molecular weight excluding hydrogens is 569 g/mol. The van der Waals surface area contributed by atoms with Crippen molar-refractivity contribution in [3.63, 3.8) is 0 Å². The summed E-state index contributed by atoms with van der Waals surface area (Å²) in [5, 5.41) is 7.65. The van der Waals surface area contributed by atoms with Crippen molar-refractivity contribution in [2.24, 2.45) is 0 Å². The molecule has 4 heterocycles. The molecule has 10 aromatic rings. The van der Waals surface area contributed by atoms with Gasteiger partial charge in [-0.3, -0.25) is 0 Å². The van der Waals surface area contributed by atoms with E-state index in [1.54, 1.807) is 0 Å². The summed E-state index contributed by atoms with van der Waals surface area (Å²) >= 11 is 0. The van der Waals surface area contributed by atoms with Crippen molar-refractivity contribution in [1.82, 2.24) is 13.7 Å². The highest BCUT2D eigenvalue weighted by Gasteiger charge is 2.28. The molecule has 0 fully saturated rings. The van der Waals surface area contributed by atoms with E-state index >= 15 is 0 Å². The van der Waals surface area contributed by atoms with Crippen LogP contribution in [0.3, 0.4) is 0 Å². The van der Waals surface area contributed by atoms with Crippen LogP contribution in [0.25, 0.3) is 82.5 Å². The third kappa shape index (κ3) is 3.22. The summed E-state index contributed by atoms with van der Waals surface area (Å²) in [5.41, 5.74) is 14.6. The monoisotopic (exact) mass is 596 g/mol. The van der Waals surface area contributed by atoms with E-state index in [1.165, 1.54) is 93.3 Å². The Hall–Kier alpha value is -6.00. The summed E-state index contributed by atoms with van der Waals surface area (Å²) in [7, 11) is 2.42. The molecule has 0 saturated carbocycles. The van der Waals surface area contributed by atoms with Gasteiger partial charge >= 0.3 is 0 Å². The second kappa shape index (κ2) is 9.05. The van der Waals surface area contributed by atoms with Crippen molar-refractivity contribution in [1.29, 1.82) is 0 Å². The van der Waals surface area contributed by atoms with Crippen LogP contribution >= 0.6 is 0 Å². The molecule has 0 atom stereocenters. The van der Waals surface area contributed by atoms with E-state index in [4.69, 9.17) is 0 Å². The van der Waals surface area contributed by atoms with E-state index in [2.05, 4.69) is 173 Å². The molecule has 0 amide bonds. The summed E-state index contributed by atoms with van der Waals surface area (Å²) in [6.45, 7) is 2.24. The van der Waals surface area contributed by atoms with Crippen molar-refractivity contribution >= 4 is 83.6 Å². The number of aromatic nitrogens is 3. The predicted octanol–water partition coefficient (Wildman–Crippen LogP) is 9.25. The molecule has 1 aliphatic heterocycles. The number of para-hydroxylation sites is 6. The van der Waals surface area contributed by atoms with Gasteiger partial charge in [0.2, 0.25) is 0 Å². The molecule has 47 heavy (non-hydrogen) atoms. The largest absolute Gasteiger partial charge is 0.310 e. The first kappa shape index (κ1) is 25.2. The minimum Gasteiger partial charge on any atom is -0.310 e. The third-order valence-electron chi connectivity index (χ3n) is 10.4. The van der Waals surface area contributed by atoms with Gasteiger partial charge in [0.1, 0.15) is 0 Å². The fourth-order valence-electron chi connectivity index (χ4n) is 8.46. The van der Waals surface area contributed by atoms with Crippen LogP contribution in [0.5, 0.6) is 0 Å². The zero-order valence-corrected chi connectivity index (χ0v) is 25.8. The molecule has 3 nitrogen and oxygen atoms in total. The lowest BCUT2D eigenvalue weighted by molar-refractivity contribution is 1.11. The fraction of sp³-hybridized carbons (Fsp3) is 0.0233.